The van der Waals surface area contributed by atoms with E-state index in [1.165, 1.54) is 13.5 Å². The van der Waals surface area contributed by atoms with Crippen molar-refractivity contribution in [1.82, 2.24) is 19.8 Å². The molecule has 1 aliphatic carbocycles. The number of aromatic nitrogens is 2. The molecule has 4 heterocycles. The van der Waals surface area contributed by atoms with Gasteiger partial charge in [0.15, 0.2) is 17.4 Å². The van der Waals surface area contributed by atoms with Crippen LogP contribution in [0.4, 0.5) is 19.0 Å². The van der Waals surface area contributed by atoms with Gasteiger partial charge in [-0.05, 0) is 74.1 Å². The highest BCUT2D eigenvalue weighted by molar-refractivity contribution is 9.10. The first kappa shape index (κ1) is 24.5. The van der Waals surface area contributed by atoms with Crippen LogP contribution in [0.1, 0.15) is 44.9 Å². The predicted octanol–water partition coefficient (Wildman–Crippen LogP) is 4.67. The second kappa shape index (κ2) is 9.16. The number of nitrogens with zero attached hydrogens (tertiary/aromatic N) is 4. The van der Waals surface area contributed by atoms with Crippen molar-refractivity contribution in [3.8, 4) is 11.8 Å². The standard InChI is InChI=1S/C25H31BrF3N5O2/c1-35-21-16-20(18(28)17(26)19(21)29)31-23(36-14-25-7-3-8-34(25)12-15(27)11-25)32-22(16)30-13-24(5-2-6-24)33-9-4-10-33/h15H,2-14H2,1H3,(H,30,31,32)/t15-,25+/m1/s1. The molecule has 11 heteroatoms. The largest absolute Gasteiger partial charge is 0.493 e. The van der Waals surface area contributed by atoms with E-state index in [0.29, 0.717) is 19.5 Å². The molecule has 0 unspecified atom stereocenters. The molecule has 36 heavy (non-hydrogen) atoms. The van der Waals surface area contributed by atoms with Crippen molar-refractivity contribution in [2.75, 3.05) is 51.8 Å². The topological polar surface area (TPSA) is 62.8 Å². The second-order valence-corrected chi connectivity index (χ2v) is 11.5. The number of benzene rings is 1. The number of hydrogen-bond donors (Lipinski definition) is 1. The molecule has 0 radical (unpaired) electrons. The van der Waals surface area contributed by atoms with Crippen LogP contribution in [0.25, 0.3) is 10.9 Å². The van der Waals surface area contributed by atoms with E-state index in [0.717, 1.165) is 51.7 Å². The zero-order valence-corrected chi connectivity index (χ0v) is 22.0. The van der Waals surface area contributed by atoms with Gasteiger partial charge in [-0.1, -0.05) is 0 Å². The zero-order valence-electron chi connectivity index (χ0n) is 20.4. The molecule has 1 aromatic carbocycles. The summed E-state index contributed by atoms with van der Waals surface area (Å²) in [6, 6.07) is -0.0143. The number of likely N-dealkylation sites (tertiary alicyclic amines) is 1. The summed E-state index contributed by atoms with van der Waals surface area (Å²) >= 11 is 3.00. The molecule has 7 nitrogen and oxygen atoms in total. The SMILES string of the molecule is COc1c(F)c(Br)c(F)c2nc(OC[C@@]34CCCN3C[C@H](F)C4)nc(NCC3(N4CCC4)CCC3)c12. The Morgan fingerprint density at radius 2 is 1.78 bits per heavy atom. The molecular weight excluding hydrogens is 539 g/mol. The fourth-order valence-electron chi connectivity index (χ4n) is 6.48. The zero-order chi connectivity index (χ0) is 25.1. The smallest absolute Gasteiger partial charge is 0.319 e. The van der Waals surface area contributed by atoms with E-state index in [9.17, 15) is 8.78 Å². The van der Waals surface area contributed by atoms with Crippen LogP contribution in [0.2, 0.25) is 0 Å². The van der Waals surface area contributed by atoms with E-state index in [-0.39, 0.29) is 45.1 Å². The number of nitrogens with one attached hydrogen (secondary N) is 1. The maximum atomic E-state index is 15.3. The van der Waals surface area contributed by atoms with Gasteiger partial charge in [-0.2, -0.15) is 9.97 Å². The molecule has 1 N–H and O–H groups in total. The first-order valence-corrected chi connectivity index (χ1v) is 13.6. The minimum Gasteiger partial charge on any atom is -0.493 e. The average molecular weight is 570 g/mol. The maximum Gasteiger partial charge on any atom is 0.319 e. The molecule has 3 saturated heterocycles. The summed E-state index contributed by atoms with van der Waals surface area (Å²) in [5, 5.41) is 3.52. The average Bonchev–Trinajstić information content (AvgIpc) is 3.32. The molecule has 196 valence electrons. The first-order valence-electron chi connectivity index (χ1n) is 12.8. The van der Waals surface area contributed by atoms with E-state index < -0.39 is 23.3 Å². The highest BCUT2D eigenvalue weighted by Crippen LogP contribution is 2.44. The molecule has 0 amide bonds. The van der Waals surface area contributed by atoms with Gasteiger partial charge >= 0.3 is 6.01 Å². The molecule has 3 aliphatic heterocycles. The third kappa shape index (κ3) is 3.84. The molecule has 4 aliphatic rings. The summed E-state index contributed by atoms with van der Waals surface area (Å²) in [4.78, 5) is 13.5. The van der Waals surface area contributed by atoms with Crippen LogP contribution in [0.3, 0.4) is 0 Å². The molecule has 2 atom stereocenters. The summed E-state index contributed by atoms with van der Waals surface area (Å²) in [6.07, 6.45) is 5.83. The third-order valence-corrected chi connectivity index (χ3v) is 9.44. The highest BCUT2D eigenvalue weighted by Gasteiger charge is 2.49. The lowest BCUT2D eigenvalue weighted by Gasteiger charge is -2.54. The van der Waals surface area contributed by atoms with Gasteiger partial charge in [0.2, 0.25) is 0 Å². The van der Waals surface area contributed by atoms with Crippen molar-refractivity contribution < 1.29 is 22.6 Å². The van der Waals surface area contributed by atoms with E-state index in [2.05, 4.69) is 41.0 Å². The van der Waals surface area contributed by atoms with Gasteiger partial charge in [-0.15, -0.1) is 0 Å². The maximum absolute atomic E-state index is 15.3. The summed E-state index contributed by atoms with van der Waals surface area (Å²) in [6.45, 7) is 4.19. The molecule has 1 aromatic heterocycles. The van der Waals surface area contributed by atoms with Crippen LogP contribution in [0, 0.1) is 11.6 Å². The molecule has 2 aromatic rings. The summed E-state index contributed by atoms with van der Waals surface area (Å²) in [5.74, 6) is -1.54. The van der Waals surface area contributed by atoms with E-state index >= 15 is 4.39 Å². The van der Waals surface area contributed by atoms with Crippen molar-refractivity contribution in [2.24, 2.45) is 0 Å². The van der Waals surface area contributed by atoms with Gasteiger partial charge in [0.25, 0.3) is 0 Å². The summed E-state index contributed by atoms with van der Waals surface area (Å²) in [7, 11) is 1.34. The van der Waals surface area contributed by atoms with E-state index in [1.54, 1.807) is 0 Å². The Hall–Kier alpha value is -1.85. The molecule has 6 rings (SSSR count). The van der Waals surface area contributed by atoms with E-state index in [1.807, 2.05) is 0 Å². The van der Waals surface area contributed by atoms with Crippen molar-refractivity contribution in [3.63, 3.8) is 0 Å². The monoisotopic (exact) mass is 569 g/mol. The van der Waals surface area contributed by atoms with Crippen LogP contribution in [-0.4, -0.2) is 83.5 Å². The normalized spacial score (nSPS) is 27.5. The first-order chi connectivity index (χ1) is 17.4. The fraction of sp³-hybridized carbons (Fsp3) is 0.680. The van der Waals surface area contributed by atoms with Crippen LogP contribution in [0.15, 0.2) is 4.47 Å². The third-order valence-electron chi connectivity index (χ3n) is 8.74. The van der Waals surface area contributed by atoms with Gasteiger partial charge in [0, 0.05) is 25.0 Å². The van der Waals surface area contributed by atoms with Gasteiger partial charge < -0.3 is 14.8 Å². The number of hydrogen-bond acceptors (Lipinski definition) is 7. The van der Waals surface area contributed by atoms with Gasteiger partial charge in [0.1, 0.15) is 24.1 Å². The lowest BCUT2D eigenvalue weighted by molar-refractivity contribution is -0.0181. The van der Waals surface area contributed by atoms with Crippen molar-refractivity contribution >= 4 is 32.7 Å². The lowest BCUT2D eigenvalue weighted by Crippen LogP contribution is -2.62. The quantitative estimate of drug-likeness (QED) is 0.463. The number of alkyl halides is 1. The Bertz CT molecular complexity index is 1180. The Balaban J connectivity index is 1.36. The molecule has 4 fully saturated rings. The Morgan fingerprint density at radius 1 is 1.03 bits per heavy atom. The molecule has 0 bridgehead atoms. The van der Waals surface area contributed by atoms with E-state index in [4.69, 9.17) is 9.47 Å². The Labute approximate surface area is 216 Å². The van der Waals surface area contributed by atoms with Crippen LogP contribution in [-0.2, 0) is 0 Å². The summed E-state index contributed by atoms with van der Waals surface area (Å²) < 4.78 is 55.5. The van der Waals surface area contributed by atoms with Crippen molar-refractivity contribution in [1.29, 1.82) is 0 Å². The lowest BCUT2D eigenvalue weighted by atomic mass is 9.73. The Kier molecular flexibility index (Phi) is 6.23. The molecule has 0 spiro atoms. The second-order valence-electron chi connectivity index (χ2n) is 10.7. The van der Waals surface area contributed by atoms with Crippen LogP contribution in [0.5, 0.6) is 11.8 Å². The predicted molar refractivity (Wildman–Crippen MR) is 134 cm³/mol. The van der Waals surface area contributed by atoms with Crippen molar-refractivity contribution in [3.05, 3.63) is 16.1 Å². The number of ether oxygens (including phenoxy) is 2. The fourth-order valence-corrected chi connectivity index (χ4v) is 6.85. The van der Waals surface area contributed by atoms with Crippen molar-refractivity contribution in [2.45, 2.75) is 62.2 Å². The highest BCUT2D eigenvalue weighted by atomic mass is 79.9. The number of methoxy groups -OCH3 is 1. The minimum atomic E-state index is -0.885. The van der Waals surface area contributed by atoms with Gasteiger partial charge in [0.05, 0.1) is 22.5 Å². The number of rotatable bonds is 8. The number of halogens is 4. The molecule has 1 saturated carbocycles. The Morgan fingerprint density at radius 3 is 2.44 bits per heavy atom. The van der Waals surface area contributed by atoms with Crippen LogP contribution < -0.4 is 14.8 Å². The van der Waals surface area contributed by atoms with Gasteiger partial charge in [-0.3, -0.25) is 9.80 Å². The molecular formula is C25H31BrF3N5O2. The van der Waals surface area contributed by atoms with Crippen LogP contribution >= 0.6 is 15.9 Å². The summed E-state index contributed by atoms with van der Waals surface area (Å²) in [5.41, 5.74) is -0.451. The minimum absolute atomic E-state index is 0.0143. The number of anilines is 1. The van der Waals surface area contributed by atoms with Gasteiger partial charge in [-0.25, -0.2) is 13.2 Å². The number of fused-ring (bicyclic) bond motifs is 2.